The highest BCUT2D eigenvalue weighted by atomic mass is 35.5. The molecule has 0 saturated carbocycles. The molecule has 0 unspecified atom stereocenters. The van der Waals surface area contributed by atoms with Gasteiger partial charge in [0.05, 0.1) is 12.2 Å². The van der Waals surface area contributed by atoms with Crippen molar-refractivity contribution in [3.8, 4) is 0 Å². The van der Waals surface area contributed by atoms with Gasteiger partial charge < -0.3 is 10.6 Å². The quantitative estimate of drug-likeness (QED) is 0.792. The third kappa shape index (κ3) is 6.26. The molecule has 4 nitrogen and oxygen atoms in total. The molecule has 0 aliphatic heterocycles. The van der Waals surface area contributed by atoms with Crippen LogP contribution in [0.5, 0.6) is 0 Å². The summed E-state index contributed by atoms with van der Waals surface area (Å²) in [5, 5.41) is 6.14. The van der Waals surface area contributed by atoms with Crippen LogP contribution < -0.4 is 10.6 Å². The minimum atomic E-state index is -0.0481. The maximum atomic E-state index is 11.9. The van der Waals surface area contributed by atoms with E-state index in [-0.39, 0.29) is 11.8 Å². The average Bonchev–Trinajstić information content (AvgIpc) is 2.58. The first-order valence-electron chi connectivity index (χ1n) is 7.48. The van der Waals surface area contributed by atoms with Crippen LogP contribution in [0.4, 0.5) is 5.69 Å². The molecule has 0 atom stereocenters. The lowest BCUT2D eigenvalue weighted by molar-refractivity contribution is -0.120. The van der Waals surface area contributed by atoms with E-state index in [1.807, 2.05) is 36.4 Å². The Morgan fingerprint density at radius 3 is 2.21 bits per heavy atom. The Morgan fingerprint density at radius 2 is 1.58 bits per heavy atom. The van der Waals surface area contributed by atoms with Crippen molar-refractivity contribution in [2.24, 2.45) is 0 Å². The van der Waals surface area contributed by atoms with Crippen LogP contribution in [0.3, 0.4) is 0 Å². The Kier molecular flexibility index (Phi) is 7.15. The normalized spacial score (nSPS) is 10.2. The first-order valence-corrected chi connectivity index (χ1v) is 9.01. The van der Waals surface area contributed by atoms with E-state index in [1.165, 1.54) is 0 Å². The number of benzene rings is 2. The van der Waals surface area contributed by atoms with Crippen LogP contribution in [0.2, 0.25) is 5.02 Å². The summed E-state index contributed by atoms with van der Waals surface area (Å²) in [6.45, 7) is 0. The van der Waals surface area contributed by atoms with Crippen LogP contribution >= 0.6 is 23.4 Å². The summed E-state index contributed by atoms with van der Waals surface area (Å²) in [6.07, 6.45) is 0.335. The van der Waals surface area contributed by atoms with Gasteiger partial charge in [-0.25, -0.2) is 0 Å². The lowest BCUT2D eigenvalue weighted by Gasteiger charge is -2.07. The Bertz CT molecular complexity index is 687. The lowest BCUT2D eigenvalue weighted by atomic mass is 10.1. The second kappa shape index (κ2) is 9.35. The third-order valence-electron chi connectivity index (χ3n) is 3.30. The molecule has 2 amide bonds. The second-order valence-corrected chi connectivity index (χ2v) is 6.64. The van der Waals surface area contributed by atoms with Crippen molar-refractivity contribution in [1.29, 1.82) is 0 Å². The molecule has 0 aliphatic carbocycles. The molecule has 2 aromatic carbocycles. The largest absolute Gasteiger partial charge is 0.359 e. The Labute approximate surface area is 151 Å². The van der Waals surface area contributed by atoms with E-state index in [0.29, 0.717) is 17.2 Å². The summed E-state index contributed by atoms with van der Waals surface area (Å²) >= 11 is 7.39. The lowest BCUT2D eigenvalue weighted by Crippen LogP contribution is -2.20. The van der Waals surface area contributed by atoms with E-state index >= 15 is 0 Å². The first kappa shape index (κ1) is 18.4. The van der Waals surface area contributed by atoms with Gasteiger partial charge in [-0.15, -0.1) is 11.8 Å². The second-order valence-electron chi connectivity index (χ2n) is 5.21. The van der Waals surface area contributed by atoms with Gasteiger partial charge in [0, 0.05) is 23.5 Å². The van der Waals surface area contributed by atoms with Crippen molar-refractivity contribution < 1.29 is 9.59 Å². The van der Waals surface area contributed by atoms with Gasteiger partial charge in [0.25, 0.3) is 0 Å². The highest BCUT2D eigenvalue weighted by Gasteiger charge is 2.05. The van der Waals surface area contributed by atoms with Crippen molar-refractivity contribution in [2.75, 3.05) is 18.1 Å². The molecule has 24 heavy (non-hydrogen) atoms. The number of thioether (sulfide) groups is 1. The van der Waals surface area contributed by atoms with Gasteiger partial charge in [0.1, 0.15) is 0 Å². The molecule has 126 valence electrons. The maximum absolute atomic E-state index is 11.9. The van der Waals surface area contributed by atoms with Crippen LogP contribution in [-0.4, -0.2) is 24.6 Å². The number of nitrogens with one attached hydrogen (secondary N) is 2. The summed E-state index contributed by atoms with van der Waals surface area (Å²) in [5.41, 5.74) is 2.77. The zero-order chi connectivity index (χ0) is 17.4. The number of carbonyl (C=O) groups is 2. The molecule has 0 aromatic heterocycles. The summed E-state index contributed by atoms with van der Waals surface area (Å²) < 4.78 is 0. The highest BCUT2D eigenvalue weighted by molar-refractivity contribution is 7.99. The first-order chi connectivity index (χ1) is 11.6. The zero-order valence-corrected chi connectivity index (χ0v) is 14.9. The van der Waals surface area contributed by atoms with Gasteiger partial charge in [-0.3, -0.25) is 9.59 Å². The topological polar surface area (TPSA) is 58.2 Å². The maximum Gasteiger partial charge on any atom is 0.234 e. The molecule has 0 radical (unpaired) electrons. The molecular formula is C18H19ClN2O2S. The van der Waals surface area contributed by atoms with Crippen LogP contribution in [0.25, 0.3) is 0 Å². The monoisotopic (exact) mass is 362 g/mol. The van der Waals surface area contributed by atoms with Crippen LogP contribution in [0, 0.1) is 0 Å². The molecule has 2 N–H and O–H groups in total. The zero-order valence-electron chi connectivity index (χ0n) is 13.3. The van der Waals surface area contributed by atoms with E-state index < -0.39 is 0 Å². The molecule has 0 fully saturated rings. The number of carbonyl (C=O) groups excluding carboxylic acids is 2. The van der Waals surface area contributed by atoms with E-state index in [9.17, 15) is 9.59 Å². The minimum Gasteiger partial charge on any atom is -0.359 e. The van der Waals surface area contributed by atoms with Crippen molar-refractivity contribution in [2.45, 2.75) is 12.2 Å². The number of hydrogen-bond acceptors (Lipinski definition) is 3. The number of rotatable bonds is 7. The highest BCUT2D eigenvalue weighted by Crippen LogP contribution is 2.16. The predicted molar refractivity (Wildman–Crippen MR) is 100 cm³/mol. The van der Waals surface area contributed by atoms with Crippen molar-refractivity contribution in [1.82, 2.24) is 5.32 Å². The molecule has 2 aromatic rings. The SMILES string of the molecule is CNC(=O)Cc1ccc(NC(=O)CSCc2ccc(Cl)cc2)cc1. The number of halogens is 1. The van der Waals surface area contributed by atoms with Gasteiger partial charge in [-0.05, 0) is 35.4 Å². The molecule has 0 saturated heterocycles. The van der Waals surface area contributed by atoms with Crippen LogP contribution in [0.15, 0.2) is 48.5 Å². The van der Waals surface area contributed by atoms with Gasteiger partial charge in [-0.1, -0.05) is 35.9 Å². The fraction of sp³-hybridized carbons (Fsp3) is 0.222. The number of likely N-dealkylation sites (N-methyl/N-ethyl adjacent to an activating group) is 1. The van der Waals surface area contributed by atoms with E-state index in [4.69, 9.17) is 11.6 Å². The van der Waals surface area contributed by atoms with Gasteiger partial charge in [-0.2, -0.15) is 0 Å². The van der Waals surface area contributed by atoms with Crippen molar-refractivity contribution in [3.05, 3.63) is 64.7 Å². The molecule has 6 heteroatoms. The standard InChI is InChI=1S/C18H19ClN2O2S/c1-20-17(22)10-13-4-8-16(9-5-13)21-18(23)12-24-11-14-2-6-15(19)7-3-14/h2-9H,10-12H2,1H3,(H,20,22)(H,21,23). The minimum absolute atomic E-state index is 0.0367. The number of amides is 2. The van der Waals surface area contributed by atoms with E-state index in [1.54, 1.807) is 30.9 Å². The molecule has 0 spiro atoms. The average molecular weight is 363 g/mol. The Morgan fingerprint density at radius 1 is 0.958 bits per heavy atom. The summed E-state index contributed by atoms with van der Waals surface area (Å²) in [7, 11) is 1.61. The van der Waals surface area contributed by atoms with E-state index in [0.717, 1.165) is 22.6 Å². The molecular weight excluding hydrogens is 344 g/mol. The number of hydrogen-bond donors (Lipinski definition) is 2. The summed E-state index contributed by atoms with van der Waals surface area (Å²) in [6, 6.07) is 14.9. The Hall–Kier alpha value is -1.98. The number of anilines is 1. The fourth-order valence-corrected chi connectivity index (χ4v) is 2.93. The van der Waals surface area contributed by atoms with Gasteiger partial charge in [0.2, 0.25) is 11.8 Å². The summed E-state index contributed by atoms with van der Waals surface area (Å²) in [5.74, 6) is 1.05. The summed E-state index contributed by atoms with van der Waals surface area (Å²) in [4.78, 5) is 23.3. The van der Waals surface area contributed by atoms with Crippen molar-refractivity contribution >= 4 is 40.9 Å². The van der Waals surface area contributed by atoms with Crippen molar-refractivity contribution in [3.63, 3.8) is 0 Å². The smallest absolute Gasteiger partial charge is 0.234 e. The van der Waals surface area contributed by atoms with Gasteiger partial charge in [0.15, 0.2) is 0 Å². The van der Waals surface area contributed by atoms with E-state index in [2.05, 4.69) is 10.6 Å². The molecule has 2 rings (SSSR count). The molecule has 0 aliphatic rings. The molecule has 0 bridgehead atoms. The third-order valence-corrected chi connectivity index (χ3v) is 4.55. The predicted octanol–water partition coefficient (Wildman–Crippen LogP) is 3.50. The van der Waals surface area contributed by atoms with Crippen LogP contribution in [-0.2, 0) is 21.8 Å². The van der Waals surface area contributed by atoms with Crippen LogP contribution in [0.1, 0.15) is 11.1 Å². The molecule has 0 heterocycles. The van der Waals surface area contributed by atoms with Gasteiger partial charge >= 0.3 is 0 Å². The Balaban J connectivity index is 1.75. The fourth-order valence-electron chi connectivity index (χ4n) is 2.02.